The lowest BCUT2D eigenvalue weighted by atomic mass is 10.1. The van der Waals surface area contributed by atoms with Gasteiger partial charge in [-0.15, -0.1) is 10.2 Å². The van der Waals surface area contributed by atoms with E-state index in [1.807, 2.05) is 0 Å². The molecule has 0 aliphatic rings. The van der Waals surface area contributed by atoms with E-state index in [4.69, 9.17) is 13.3 Å². The molecule has 11 nitrogen and oxygen atoms in total. The average molecular weight is 444 g/mol. The van der Waals surface area contributed by atoms with Gasteiger partial charge < -0.3 is 13.3 Å². The van der Waals surface area contributed by atoms with E-state index in [2.05, 4.69) is 10.2 Å². The second-order valence-electron chi connectivity index (χ2n) is 6.85. The largest absolute Gasteiger partial charge is 0.451 e. The van der Waals surface area contributed by atoms with Gasteiger partial charge in [0.05, 0.1) is 9.85 Å². The Morgan fingerprint density at radius 3 is 1.24 bits per heavy atom. The van der Waals surface area contributed by atoms with Crippen molar-refractivity contribution in [1.82, 2.24) is 10.2 Å². The van der Waals surface area contributed by atoms with Crippen molar-refractivity contribution in [1.29, 1.82) is 0 Å². The molecule has 3 aromatic heterocycles. The summed E-state index contributed by atoms with van der Waals surface area (Å²) in [5.74, 6) is 1.88. The Hall–Kier alpha value is -5.06. The molecule has 0 radical (unpaired) electrons. The molecular formula is C22H12N4O7. The van der Waals surface area contributed by atoms with Crippen molar-refractivity contribution in [2.45, 2.75) is 0 Å². The van der Waals surface area contributed by atoms with Gasteiger partial charge in [-0.05, 0) is 48.5 Å². The van der Waals surface area contributed by atoms with Crippen molar-refractivity contribution >= 4 is 11.4 Å². The topological polar surface area (TPSA) is 151 Å². The number of nitrogens with zero attached hydrogens (tertiary/aromatic N) is 4. The summed E-state index contributed by atoms with van der Waals surface area (Å²) in [4.78, 5) is 20.7. The number of hydrogen-bond donors (Lipinski definition) is 0. The monoisotopic (exact) mass is 444 g/mol. The SMILES string of the molecule is O=[N+]([O-])c1ccc(-c2ccc(-c3nnc(-c4ccc(-c5ccc([N+](=O)[O-])cc5)o4)o3)o2)cc1. The number of rotatable bonds is 6. The van der Waals surface area contributed by atoms with Gasteiger partial charge in [-0.25, -0.2) is 0 Å². The fraction of sp³-hybridized carbons (Fsp3) is 0. The third kappa shape index (κ3) is 3.85. The summed E-state index contributed by atoms with van der Waals surface area (Å²) in [6.07, 6.45) is 0. The zero-order valence-electron chi connectivity index (χ0n) is 16.6. The second kappa shape index (κ2) is 7.89. The first kappa shape index (κ1) is 19.9. The Balaban J connectivity index is 1.36. The van der Waals surface area contributed by atoms with Crippen molar-refractivity contribution in [2.75, 3.05) is 0 Å². The maximum atomic E-state index is 10.8. The summed E-state index contributed by atoms with van der Waals surface area (Å²) in [5.41, 5.74) is 1.29. The average Bonchev–Trinajstić information content (AvgIpc) is 3.59. The van der Waals surface area contributed by atoms with Gasteiger partial charge in [-0.1, -0.05) is 0 Å². The fourth-order valence-corrected chi connectivity index (χ4v) is 3.13. The van der Waals surface area contributed by atoms with Crippen molar-refractivity contribution in [3.05, 3.63) is 93.0 Å². The lowest BCUT2D eigenvalue weighted by Crippen LogP contribution is -1.86. The van der Waals surface area contributed by atoms with Gasteiger partial charge >= 0.3 is 0 Å². The van der Waals surface area contributed by atoms with Crippen LogP contribution in [0, 0.1) is 20.2 Å². The van der Waals surface area contributed by atoms with Gasteiger partial charge in [0.25, 0.3) is 23.2 Å². The minimum Gasteiger partial charge on any atom is -0.451 e. The molecular weight excluding hydrogens is 432 g/mol. The Labute approximate surface area is 184 Å². The number of furan rings is 2. The lowest BCUT2D eigenvalue weighted by molar-refractivity contribution is -0.385. The molecule has 0 N–H and O–H groups in total. The van der Waals surface area contributed by atoms with Crippen molar-refractivity contribution < 1.29 is 23.1 Å². The first-order valence-electron chi connectivity index (χ1n) is 9.51. The molecule has 0 aliphatic heterocycles. The highest BCUT2D eigenvalue weighted by atomic mass is 16.6. The molecule has 0 atom stereocenters. The molecule has 2 aromatic carbocycles. The van der Waals surface area contributed by atoms with E-state index < -0.39 is 9.85 Å². The van der Waals surface area contributed by atoms with E-state index in [1.165, 1.54) is 24.3 Å². The third-order valence-corrected chi connectivity index (χ3v) is 4.78. The van der Waals surface area contributed by atoms with E-state index in [1.54, 1.807) is 48.5 Å². The highest BCUT2D eigenvalue weighted by molar-refractivity contribution is 5.64. The molecule has 0 unspecified atom stereocenters. The van der Waals surface area contributed by atoms with E-state index in [0.29, 0.717) is 34.2 Å². The van der Waals surface area contributed by atoms with E-state index in [9.17, 15) is 20.2 Å². The summed E-state index contributed by atoms with van der Waals surface area (Å²) < 4.78 is 17.2. The highest BCUT2D eigenvalue weighted by Crippen LogP contribution is 2.32. The molecule has 0 amide bonds. The number of hydrogen-bond acceptors (Lipinski definition) is 9. The Kier molecular flexibility index (Phi) is 4.75. The lowest BCUT2D eigenvalue weighted by Gasteiger charge is -1.96. The van der Waals surface area contributed by atoms with Gasteiger partial charge in [0.15, 0.2) is 11.5 Å². The maximum Gasteiger partial charge on any atom is 0.284 e. The van der Waals surface area contributed by atoms with Crippen LogP contribution in [0.2, 0.25) is 0 Å². The fourth-order valence-electron chi connectivity index (χ4n) is 3.13. The first-order valence-corrected chi connectivity index (χ1v) is 9.51. The number of non-ortho nitro benzene ring substituents is 2. The van der Waals surface area contributed by atoms with Gasteiger partial charge in [-0.3, -0.25) is 20.2 Å². The third-order valence-electron chi connectivity index (χ3n) is 4.78. The van der Waals surface area contributed by atoms with Gasteiger partial charge in [-0.2, -0.15) is 0 Å². The molecule has 11 heteroatoms. The van der Waals surface area contributed by atoms with Gasteiger partial charge in [0, 0.05) is 35.4 Å². The first-order chi connectivity index (χ1) is 16.0. The van der Waals surface area contributed by atoms with Crippen LogP contribution >= 0.6 is 0 Å². The zero-order chi connectivity index (χ0) is 22.9. The molecule has 5 aromatic rings. The standard InChI is InChI=1S/C22H12N4O7/c27-25(28)15-5-1-13(2-6-15)17-9-11-19(31-17)21-23-24-22(33-21)20-12-10-18(32-20)14-3-7-16(8-4-14)26(29)30/h1-12H. The van der Waals surface area contributed by atoms with Crippen molar-refractivity contribution in [3.63, 3.8) is 0 Å². The minimum atomic E-state index is -0.473. The molecule has 162 valence electrons. The quantitative estimate of drug-likeness (QED) is 0.236. The predicted octanol–water partition coefficient (Wildman–Crippen LogP) is 5.74. The van der Waals surface area contributed by atoms with Crippen LogP contribution in [0.4, 0.5) is 11.4 Å². The number of nitro groups is 2. The van der Waals surface area contributed by atoms with Crippen LogP contribution in [0.25, 0.3) is 45.9 Å². The summed E-state index contributed by atoms with van der Waals surface area (Å²) >= 11 is 0. The predicted molar refractivity (Wildman–Crippen MR) is 114 cm³/mol. The highest BCUT2D eigenvalue weighted by Gasteiger charge is 2.18. The Bertz CT molecular complexity index is 1350. The van der Waals surface area contributed by atoms with Crippen LogP contribution < -0.4 is 0 Å². The van der Waals surface area contributed by atoms with E-state index >= 15 is 0 Å². The summed E-state index contributed by atoms with van der Waals surface area (Å²) in [6.45, 7) is 0. The molecule has 0 fully saturated rings. The Morgan fingerprint density at radius 2 is 0.879 bits per heavy atom. The van der Waals surface area contributed by atoms with Crippen LogP contribution in [-0.4, -0.2) is 20.0 Å². The van der Waals surface area contributed by atoms with Gasteiger partial charge in [0.2, 0.25) is 0 Å². The normalized spacial score (nSPS) is 10.9. The molecule has 33 heavy (non-hydrogen) atoms. The van der Waals surface area contributed by atoms with Crippen molar-refractivity contribution in [2.24, 2.45) is 0 Å². The Morgan fingerprint density at radius 1 is 0.515 bits per heavy atom. The minimum absolute atomic E-state index is 0.0152. The molecule has 0 saturated carbocycles. The number of aromatic nitrogens is 2. The van der Waals surface area contributed by atoms with Crippen LogP contribution in [0.1, 0.15) is 0 Å². The van der Waals surface area contributed by atoms with Crippen molar-refractivity contribution in [3.8, 4) is 45.9 Å². The van der Waals surface area contributed by atoms with Crippen LogP contribution in [0.3, 0.4) is 0 Å². The molecule has 0 saturated heterocycles. The summed E-state index contributed by atoms with van der Waals surface area (Å²) in [6, 6.07) is 18.6. The molecule has 0 aliphatic carbocycles. The molecule has 0 bridgehead atoms. The number of benzene rings is 2. The van der Waals surface area contributed by atoms with Crippen LogP contribution in [0.15, 0.2) is 86.0 Å². The smallest absolute Gasteiger partial charge is 0.284 e. The maximum absolute atomic E-state index is 10.8. The zero-order valence-corrected chi connectivity index (χ0v) is 16.6. The number of nitro benzene ring substituents is 2. The van der Waals surface area contributed by atoms with E-state index in [-0.39, 0.29) is 23.2 Å². The second-order valence-corrected chi connectivity index (χ2v) is 6.85. The molecule has 5 rings (SSSR count). The van der Waals surface area contributed by atoms with E-state index in [0.717, 1.165) is 0 Å². The molecule has 0 spiro atoms. The molecule has 3 heterocycles. The van der Waals surface area contributed by atoms with Crippen LogP contribution in [-0.2, 0) is 0 Å². The van der Waals surface area contributed by atoms with Crippen LogP contribution in [0.5, 0.6) is 0 Å². The summed E-state index contributed by atoms with van der Waals surface area (Å²) in [7, 11) is 0. The van der Waals surface area contributed by atoms with Gasteiger partial charge in [0.1, 0.15) is 11.5 Å². The summed E-state index contributed by atoms with van der Waals surface area (Å²) in [5, 5.41) is 29.6.